The van der Waals surface area contributed by atoms with Gasteiger partial charge in [-0.15, -0.1) is 12.4 Å². The first kappa shape index (κ1) is 211. The van der Waals surface area contributed by atoms with E-state index in [1.165, 1.54) is 0 Å². The summed E-state index contributed by atoms with van der Waals surface area (Å²) < 4.78 is 0. The SMILES string of the molecule is Cl.O.O.O.[Ru]. The molecule has 0 heterocycles. The van der Waals surface area contributed by atoms with Gasteiger partial charge in [0.05, 0.1) is 0 Å². The topological polar surface area (TPSA) is 94.5 Å². The molecule has 0 fully saturated rings. The maximum atomic E-state index is 0. The van der Waals surface area contributed by atoms with Gasteiger partial charge in [0.1, 0.15) is 0 Å². The molecule has 0 bridgehead atoms. The molecule has 6 N–H and O–H groups in total. The van der Waals surface area contributed by atoms with Crippen LogP contribution in [0.5, 0.6) is 0 Å². The maximum Gasteiger partial charge on any atom is 0 e. The molecule has 5 heavy (non-hydrogen) atoms. The van der Waals surface area contributed by atoms with E-state index in [-0.39, 0.29) is 48.3 Å². The Bertz CT molecular complexity index is 6.85. The quantitative estimate of drug-likeness (QED) is 0.394. The average molecular weight is 192 g/mol. The number of hydrogen-bond donors (Lipinski definition) is 0. The number of hydrogen-bond acceptors (Lipinski definition) is 0. The normalized spacial score (nSPS) is 0. The Morgan fingerprint density at radius 2 is 0.600 bits per heavy atom. The zero-order valence-corrected chi connectivity index (χ0v) is 4.82. The Balaban J connectivity index is 0. The summed E-state index contributed by atoms with van der Waals surface area (Å²) in [6, 6.07) is 0. The second kappa shape index (κ2) is 110. The van der Waals surface area contributed by atoms with E-state index in [1.54, 1.807) is 0 Å². The summed E-state index contributed by atoms with van der Waals surface area (Å²) in [6.45, 7) is 0. The van der Waals surface area contributed by atoms with Crippen molar-refractivity contribution in [3.8, 4) is 0 Å². The molecule has 0 aromatic carbocycles. The van der Waals surface area contributed by atoms with Gasteiger partial charge in [-0.2, -0.15) is 0 Å². The van der Waals surface area contributed by atoms with Crippen molar-refractivity contribution in [1.82, 2.24) is 0 Å². The fraction of sp³-hybridized carbons (Fsp3) is 0. The van der Waals surface area contributed by atoms with Crippen LogP contribution in [0.25, 0.3) is 0 Å². The van der Waals surface area contributed by atoms with E-state index in [0.29, 0.717) is 0 Å². The van der Waals surface area contributed by atoms with E-state index < -0.39 is 0 Å². The second-order valence-corrected chi connectivity index (χ2v) is 0. The molecule has 0 aliphatic rings. The summed E-state index contributed by atoms with van der Waals surface area (Å²) in [4.78, 5) is 0. The minimum absolute atomic E-state index is 0. The molecule has 0 atom stereocenters. The third kappa shape index (κ3) is 59.4. The third-order valence-electron chi connectivity index (χ3n) is 0. The smallest absolute Gasteiger partial charge is 0 e. The van der Waals surface area contributed by atoms with E-state index >= 15 is 0 Å². The van der Waals surface area contributed by atoms with Crippen molar-refractivity contribution in [2.75, 3.05) is 0 Å². The van der Waals surface area contributed by atoms with E-state index in [4.69, 9.17) is 0 Å². The molecule has 0 saturated carbocycles. The fourth-order valence-electron chi connectivity index (χ4n) is 0. The van der Waals surface area contributed by atoms with Crippen molar-refractivity contribution in [1.29, 1.82) is 0 Å². The van der Waals surface area contributed by atoms with E-state index in [1.807, 2.05) is 0 Å². The minimum Gasteiger partial charge on any atom is -0.412 e. The minimum atomic E-state index is 0. The summed E-state index contributed by atoms with van der Waals surface area (Å²) in [6.07, 6.45) is 0. The van der Waals surface area contributed by atoms with Crippen molar-refractivity contribution in [3.05, 3.63) is 0 Å². The Morgan fingerprint density at radius 3 is 0.600 bits per heavy atom. The van der Waals surface area contributed by atoms with Gasteiger partial charge < -0.3 is 16.4 Å². The first-order valence-electron chi connectivity index (χ1n) is 0. The van der Waals surface area contributed by atoms with Crippen molar-refractivity contribution in [2.45, 2.75) is 0 Å². The summed E-state index contributed by atoms with van der Waals surface area (Å²) in [5.74, 6) is 0. The Kier molecular flexibility index (Phi) is 4630. The Labute approximate surface area is 48.8 Å². The van der Waals surface area contributed by atoms with Gasteiger partial charge in [0.25, 0.3) is 0 Å². The largest absolute Gasteiger partial charge is 0.412 e. The van der Waals surface area contributed by atoms with Crippen LogP contribution in [0.1, 0.15) is 0 Å². The van der Waals surface area contributed by atoms with Crippen LogP contribution in [0.15, 0.2) is 0 Å². The molecule has 5 heteroatoms. The summed E-state index contributed by atoms with van der Waals surface area (Å²) in [7, 11) is 0. The van der Waals surface area contributed by atoms with Gasteiger partial charge in [0.15, 0.2) is 0 Å². The molecule has 0 aliphatic heterocycles. The maximum absolute atomic E-state index is 0. The van der Waals surface area contributed by atoms with Crippen LogP contribution in [0.3, 0.4) is 0 Å². The molecule has 0 radical (unpaired) electrons. The number of halogens is 1. The molecule has 0 unspecified atom stereocenters. The first-order chi connectivity index (χ1) is 0. The molecule has 0 rings (SSSR count). The summed E-state index contributed by atoms with van der Waals surface area (Å²) in [5, 5.41) is 0. The van der Waals surface area contributed by atoms with Crippen LogP contribution in [0.4, 0.5) is 0 Å². The van der Waals surface area contributed by atoms with E-state index in [2.05, 4.69) is 0 Å². The average Bonchev–Trinajstić information content (AvgIpc) is 0. The van der Waals surface area contributed by atoms with Gasteiger partial charge in [0, 0.05) is 19.5 Å². The molecule has 0 aliphatic carbocycles. The van der Waals surface area contributed by atoms with Crippen molar-refractivity contribution < 1.29 is 35.9 Å². The molecule has 0 aromatic heterocycles. The first-order valence-corrected chi connectivity index (χ1v) is 0. The second-order valence-electron chi connectivity index (χ2n) is 0. The van der Waals surface area contributed by atoms with Crippen LogP contribution >= 0.6 is 12.4 Å². The Hall–Kier alpha value is 0.793. The van der Waals surface area contributed by atoms with E-state index in [9.17, 15) is 0 Å². The molecule has 0 saturated heterocycles. The van der Waals surface area contributed by atoms with Crippen LogP contribution in [-0.2, 0) is 19.5 Å². The molecular weight excluding hydrogens is 185 g/mol. The third-order valence-corrected chi connectivity index (χ3v) is 0. The molecule has 3 nitrogen and oxygen atoms in total. The predicted octanol–water partition coefficient (Wildman–Crippen LogP) is -2.05. The molecule has 0 amide bonds. The molecule has 40 valence electrons. The fourth-order valence-corrected chi connectivity index (χ4v) is 0. The zero-order valence-electron chi connectivity index (χ0n) is 2.26. The number of rotatable bonds is 0. The summed E-state index contributed by atoms with van der Waals surface area (Å²) in [5.41, 5.74) is 0. The standard InChI is InChI=1S/ClH.3H2O.Ru/h1H;3*1H2;. The zero-order chi connectivity index (χ0) is 0. The van der Waals surface area contributed by atoms with Gasteiger partial charge >= 0.3 is 0 Å². The van der Waals surface area contributed by atoms with Gasteiger partial charge in [-0.25, -0.2) is 0 Å². The van der Waals surface area contributed by atoms with Crippen molar-refractivity contribution in [3.63, 3.8) is 0 Å². The van der Waals surface area contributed by atoms with Crippen molar-refractivity contribution in [2.24, 2.45) is 0 Å². The van der Waals surface area contributed by atoms with Gasteiger partial charge in [-0.1, -0.05) is 0 Å². The van der Waals surface area contributed by atoms with Gasteiger partial charge in [0.2, 0.25) is 0 Å². The Morgan fingerprint density at radius 1 is 0.600 bits per heavy atom. The molecule has 0 spiro atoms. The van der Waals surface area contributed by atoms with Crippen LogP contribution in [0.2, 0.25) is 0 Å². The van der Waals surface area contributed by atoms with Gasteiger partial charge in [-0.3, -0.25) is 0 Å². The van der Waals surface area contributed by atoms with Crippen molar-refractivity contribution >= 4 is 12.4 Å². The molecule has 0 aromatic rings. The van der Waals surface area contributed by atoms with Crippen LogP contribution in [-0.4, -0.2) is 16.4 Å². The van der Waals surface area contributed by atoms with Gasteiger partial charge in [-0.05, 0) is 0 Å². The molecular formula is H7ClO3Ru. The predicted molar refractivity (Wildman–Crippen MR) is 18.1 cm³/mol. The van der Waals surface area contributed by atoms with E-state index in [0.717, 1.165) is 0 Å². The monoisotopic (exact) mass is 192 g/mol. The van der Waals surface area contributed by atoms with Crippen LogP contribution in [0, 0.1) is 0 Å². The summed E-state index contributed by atoms with van der Waals surface area (Å²) >= 11 is 0. The van der Waals surface area contributed by atoms with Crippen LogP contribution < -0.4 is 0 Å².